The van der Waals surface area contributed by atoms with Gasteiger partial charge >= 0.3 is 0 Å². The molecule has 16 heavy (non-hydrogen) atoms. The molecule has 0 spiro atoms. The molecule has 86 valence electrons. The van der Waals surface area contributed by atoms with Gasteiger partial charge in [0.2, 0.25) is 0 Å². The Bertz CT molecular complexity index is 344. The van der Waals surface area contributed by atoms with Crippen LogP contribution in [0.25, 0.3) is 0 Å². The molecule has 0 N–H and O–H groups in total. The van der Waals surface area contributed by atoms with Crippen LogP contribution < -0.4 is 0 Å². The van der Waals surface area contributed by atoms with Crippen LogP contribution in [0.15, 0.2) is 30.3 Å². The molecule has 0 heterocycles. The van der Waals surface area contributed by atoms with Crippen LogP contribution >= 0.6 is 0 Å². The highest BCUT2D eigenvalue weighted by Crippen LogP contribution is 2.18. The van der Waals surface area contributed by atoms with Gasteiger partial charge in [-0.2, -0.15) is 0 Å². The van der Waals surface area contributed by atoms with E-state index in [9.17, 15) is 0 Å². The van der Waals surface area contributed by atoms with Gasteiger partial charge in [0, 0.05) is 6.42 Å². The lowest BCUT2D eigenvalue weighted by atomic mass is 10.2. The summed E-state index contributed by atoms with van der Waals surface area (Å²) in [6, 6.07) is 14.4. The quantitative estimate of drug-likeness (QED) is 0.535. The zero-order valence-electron chi connectivity index (χ0n) is 10.7. The Balaban J connectivity index is 2.67. The van der Waals surface area contributed by atoms with Crippen LogP contribution in [0, 0.1) is 11.5 Å². The topological polar surface area (TPSA) is 0 Å². The highest BCUT2D eigenvalue weighted by atomic mass is 28.3. The summed E-state index contributed by atoms with van der Waals surface area (Å²) in [5.74, 6) is 3.41. The summed E-state index contributed by atoms with van der Waals surface area (Å²) in [6.45, 7) is 6.91. The third-order valence-corrected chi connectivity index (χ3v) is 8.29. The standard InChI is InChI=1S/C15H22Si/c1-4-16(5-2,6-3)14-10-13-15-11-8-7-9-12-15/h7-9,11-12H,4-6,13H2,1-3H3. The van der Waals surface area contributed by atoms with Gasteiger partial charge < -0.3 is 0 Å². The van der Waals surface area contributed by atoms with Crippen molar-refractivity contribution in [1.29, 1.82) is 0 Å². The monoisotopic (exact) mass is 230 g/mol. The lowest BCUT2D eigenvalue weighted by Crippen LogP contribution is -2.29. The average molecular weight is 230 g/mol. The van der Waals surface area contributed by atoms with Crippen molar-refractivity contribution < 1.29 is 0 Å². The Kier molecular flexibility index (Phi) is 5.35. The van der Waals surface area contributed by atoms with Crippen molar-refractivity contribution in [2.75, 3.05) is 0 Å². The molecule has 0 saturated carbocycles. The van der Waals surface area contributed by atoms with Crippen LogP contribution in [-0.2, 0) is 6.42 Å². The van der Waals surface area contributed by atoms with Crippen molar-refractivity contribution in [2.45, 2.75) is 45.3 Å². The second kappa shape index (κ2) is 6.55. The molecule has 0 radical (unpaired) electrons. The van der Waals surface area contributed by atoms with Crippen molar-refractivity contribution in [2.24, 2.45) is 0 Å². The predicted molar refractivity (Wildman–Crippen MR) is 75.1 cm³/mol. The second-order valence-electron chi connectivity index (χ2n) is 4.31. The van der Waals surface area contributed by atoms with Crippen molar-refractivity contribution in [1.82, 2.24) is 0 Å². The molecule has 0 saturated heterocycles. The van der Waals surface area contributed by atoms with Crippen molar-refractivity contribution in [3.63, 3.8) is 0 Å². The Morgan fingerprint density at radius 2 is 1.50 bits per heavy atom. The van der Waals surface area contributed by atoms with E-state index in [-0.39, 0.29) is 0 Å². The summed E-state index contributed by atoms with van der Waals surface area (Å²) in [6.07, 6.45) is 0.912. The van der Waals surface area contributed by atoms with E-state index in [0.29, 0.717) is 0 Å². The third kappa shape index (κ3) is 3.54. The van der Waals surface area contributed by atoms with Crippen molar-refractivity contribution in [3.05, 3.63) is 35.9 Å². The van der Waals surface area contributed by atoms with Crippen molar-refractivity contribution in [3.8, 4) is 11.5 Å². The fourth-order valence-electron chi connectivity index (χ4n) is 1.94. The SMILES string of the molecule is CC[Si](C#CCc1ccccc1)(CC)CC. The van der Waals surface area contributed by atoms with Crippen LogP contribution in [0.5, 0.6) is 0 Å². The number of benzene rings is 1. The third-order valence-electron chi connectivity index (χ3n) is 3.52. The summed E-state index contributed by atoms with van der Waals surface area (Å²) in [4.78, 5) is 0. The first-order valence-electron chi connectivity index (χ1n) is 6.30. The van der Waals surface area contributed by atoms with Crippen LogP contribution in [0.2, 0.25) is 18.1 Å². The molecule has 0 atom stereocenters. The second-order valence-corrected chi connectivity index (χ2v) is 9.24. The van der Waals surface area contributed by atoms with Gasteiger partial charge in [-0.1, -0.05) is 51.1 Å². The largest absolute Gasteiger partial charge is 0.137 e. The molecule has 0 bridgehead atoms. The molecule has 1 rings (SSSR count). The summed E-state index contributed by atoms with van der Waals surface area (Å²) >= 11 is 0. The van der Waals surface area contributed by atoms with Crippen LogP contribution in [0.1, 0.15) is 26.3 Å². The summed E-state index contributed by atoms with van der Waals surface area (Å²) < 4.78 is 0. The first-order valence-corrected chi connectivity index (χ1v) is 8.92. The number of hydrogen-bond acceptors (Lipinski definition) is 0. The van der Waals surface area contributed by atoms with E-state index in [1.807, 2.05) is 0 Å². The van der Waals surface area contributed by atoms with E-state index in [0.717, 1.165) is 6.42 Å². The maximum absolute atomic E-state index is 3.62. The van der Waals surface area contributed by atoms with Gasteiger partial charge in [0.25, 0.3) is 0 Å². The van der Waals surface area contributed by atoms with Crippen LogP contribution in [0.4, 0.5) is 0 Å². The zero-order chi connectivity index (χ0) is 11.9. The minimum absolute atomic E-state index is 0.912. The molecule has 0 aliphatic carbocycles. The predicted octanol–water partition coefficient (Wildman–Crippen LogP) is 4.28. The van der Waals surface area contributed by atoms with E-state index in [2.05, 4.69) is 62.6 Å². The van der Waals surface area contributed by atoms with Crippen LogP contribution in [-0.4, -0.2) is 8.07 Å². The first kappa shape index (κ1) is 13.1. The average Bonchev–Trinajstić information content (AvgIpc) is 2.37. The molecule has 0 aromatic heterocycles. The van der Waals surface area contributed by atoms with Gasteiger partial charge in [-0.3, -0.25) is 0 Å². The van der Waals surface area contributed by atoms with E-state index < -0.39 is 8.07 Å². The summed E-state index contributed by atoms with van der Waals surface area (Å²) in [7, 11) is -1.23. The lowest BCUT2D eigenvalue weighted by molar-refractivity contribution is 1.20. The fraction of sp³-hybridized carbons (Fsp3) is 0.467. The van der Waals surface area contributed by atoms with Crippen molar-refractivity contribution >= 4 is 8.07 Å². The zero-order valence-corrected chi connectivity index (χ0v) is 11.7. The van der Waals surface area contributed by atoms with Gasteiger partial charge in [0.1, 0.15) is 8.07 Å². The Morgan fingerprint density at radius 1 is 0.938 bits per heavy atom. The Labute approximate surface area is 101 Å². The maximum Gasteiger partial charge on any atom is 0.137 e. The van der Waals surface area contributed by atoms with Gasteiger partial charge in [0.15, 0.2) is 0 Å². The minimum Gasteiger partial charge on any atom is -0.131 e. The van der Waals surface area contributed by atoms with Gasteiger partial charge in [-0.05, 0) is 23.7 Å². The van der Waals surface area contributed by atoms with Gasteiger partial charge in [-0.15, -0.1) is 11.5 Å². The fourth-order valence-corrected chi connectivity index (χ4v) is 4.44. The molecular formula is C15H22Si. The molecule has 1 aromatic carbocycles. The van der Waals surface area contributed by atoms with Gasteiger partial charge in [0.05, 0.1) is 0 Å². The number of rotatable bonds is 4. The van der Waals surface area contributed by atoms with E-state index >= 15 is 0 Å². The number of hydrogen-bond donors (Lipinski definition) is 0. The molecule has 0 fully saturated rings. The molecule has 0 aliphatic rings. The molecule has 0 nitrogen and oxygen atoms in total. The van der Waals surface area contributed by atoms with E-state index in [4.69, 9.17) is 0 Å². The normalized spacial score (nSPS) is 10.7. The Morgan fingerprint density at radius 3 is 2.00 bits per heavy atom. The smallest absolute Gasteiger partial charge is 0.131 e. The Hall–Kier alpha value is -1.00. The molecular weight excluding hydrogens is 208 g/mol. The van der Waals surface area contributed by atoms with Crippen LogP contribution in [0.3, 0.4) is 0 Å². The molecule has 1 aromatic rings. The summed E-state index contributed by atoms with van der Waals surface area (Å²) in [5, 5.41) is 0. The van der Waals surface area contributed by atoms with E-state index in [1.54, 1.807) is 0 Å². The first-order chi connectivity index (χ1) is 7.76. The molecule has 1 heteroatoms. The molecule has 0 aliphatic heterocycles. The highest BCUT2D eigenvalue weighted by Gasteiger charge is 2.23. The lowest BCUT2D eigenvalue weighted by Gasteiger charge is -2.20. The molecule has 0 amide bonds. The van der Waals surface area contributed by atoms with Gasteiger partial charge in [-0.25, -0.2) is 0 Å². The summed E-state index contributed by atoms with van der Waals surface area (Å²) in [5.41, 5.74) is 4.95. The minimum atomic E-state index is -1.23. The molecule has 0 unspecified atom stereocenters. The highest BCUT2D eigenvalue weighted by molar-refractivity contribution is 6.87. The van der Waals surface area contributed by atoms with E-state index in [1.165, 1.54) is 23.7 Å². The maximum atomic E-state index is 3.62.